The summed E-state index contributed by atoms with van der Waals surface area (Å²) in [6.45, 7) is 1.01. The molecule has 1 saturated heterocycles. The molecule has 2 heterocycles. The number of amides is 2. The van der Waals surface area contributed by atoms with Crippen molar-refractivity contribution >= 4 is 35.2 Å². The van der Waals surface area contributed by atoms with Gasteiger partial charge in [0.2, 0.25) is 5.91 Å². The fourth-order valence-electron chi connectivity index (χ4n) is 3.80. The zero-order valence-electron chi connectivity index (χ0n) is 16.1. The van der Waals surface area contributed by atoms with Crippen LogP contribution in [0, 0.1) is 0 Å². The van der Waals surface area contributed by atoms with E-state index in [-0.39, 0.29) is 11.3 Å². The highest BCUT2D eigenvalue weighted by Gasteiger charge is 2.43. The zero-order valence-corrected chi connectivity index (χ0v) is 16.9. The van der Waals surface area contributed by atoms with E-state index in [4.69, 9.17) is 9.15 Å². The van der Waals surface area contributed by atoms with Gasteiger partial charge >= 0.3 is 5.97 Å². The summed E-state index contributed by atoms with van der Waals surface area (Å²) in [4.78, 5) is 38.3. The Bertz CT molecular complexity index is 927. The molecule has 1 aromatic heterocycles. The maximum atomic E-state index is 12.5. The number of benzene rings is 1. The summed E-state index contributed by atoms with van der Waals surface area (Å²) in [5.41, 5.74) is 3.28. The fourth-order valence-corrected chi connectivity index (χ4v) is 5.22. The van der Waals surface area contributed by atoms with Crippen LogP contribution in [0.15, 0.2) is 41.0 Å². The second-order valence-electron chi connectivity index (χ2n) is 7.14. The Labute approximate surface area is 172 Å². The molecular weight excluding hydrogens is 392 g/mol. The number of aryl methyl sites for hydroxylation is 2. The molecule has 0 spiro atoms. The summed E-state index contributed by atoms with van der Waals surface area (Å²) < 4.78 is 10.6. The van der Waals surface area contributed by atoms with Gasteiger partial charge < -0.3 is 19.4 Å². The molecule has 2 atom stereocenters. The van der Waals surface area contributed by atoms with Crippen molar-refractivity contribution < 1.29 is 23.5 Å². The molecule has 1 aliphatic carbocycles. The summed E-state index contributed by atoms with van der Waals surface area (Å²) in [5.74, 6) is -0.253. The lowest BCUT2D eigenvalue weighted by Gasteiger charge is -2.25. The molecule has 152 valence electrons. The predicted octanol–water partition coefficient (Wildman–Crippen LogP) is 2.91. The van der Waals surface area contributed by atoms with Gasteiger partial charge in [-0.15, -0.1) is 11.8 Å². The number of thioether (sulfide) groups is 1. The molecule has 0 radical (unpaired) electrons. The van der Waals surface area contributed by atoms with Gasteiger partial charge in [0.25, 0.3) is 5.91 Å². The Balaban J connectivity index is 1.34. The number of ether oxygens (including phenoxy) is 1. The SMILES string of the molecule is CC(=O)N1[C@@H](C(=O)OCC(=O)Nc2ccc3c(c2)CCC3)CS[C@H]1c1ccco1. The average Bonchev–Trinajstić information content (AvgIpc) is 3.44. The van der Waals surface area contributed by atoms with Crippen molar-refractivity contribution in [1.82, 2.24) is 4.90 Å². The maximum absolute atomic E-state index is 12.5. The molecule has 1 aliphatic heterocycles. The Morgan fingerprint density at radius 2 is 2.07 bits per heavy atom. The van der Waals surface area contributed by atoms with Crippen molar-refractivity contribution in [3.05, 3.63) is 53.5 Å². The Morgan fingerprint density at radius 3 is 2.83 bits per heavy atom. The minimum absolute atomic E-state index is 0.249. The fraction of sp³-hybridized carbons (Fsp3) is 0.381. The molecule has 0 saturated carbocycles. The minimum atomic E-state index is -0.750. The van der Waals surface area contributed by atoms with E-state index in [1.807, 2.05) is 18.2 Å². The number of esters is 1. The molecule has 0 bridgehead atoms. The lowest BCUT2D eigenvalue weighted by molar-refractivity contribution is -0.155. The first-order valence-electron chi connectivity index (χ1n) is 9.55. The van der Waals surface area contributed by atoms with E-state index in [9.17, 15) is 14.4 Å². The van der Waals surface area contributed by atoms with E-state index in [1.165, 1.54) is 41.0 Å². The van der Waals surface area contributed by atoms with E-state index >= 15 is 0 Å². The third-order valence-electron chi connectivity index (χ3n) is 5.15. The van der Waals surface area contributed by atoms with Crippen LogP contribution in [0.4, 0.5) is 5.69 Å². The van der Waals surface area contributed by atoms with Crippen molar-refractivity contribution in [2.75, 3.05) is 17.7 Å². The number of nitrogens with zero attached hydrogens (tertiary/aromatic N) is 1. The lowest BCUT2D eigenvalue weighted by Crippen LogP contribution is -2.43. The van der Waals surface area contributed by atoms with Crippen molar-refractivity contribution in [2.24, 2.45) is 0 Å². The Hall–Kier alpha value is -2.74. The molecule has 2 amide bonds. The van der Waals surface area contributed by atoms with Gasteiger partial charge in [0, 0.05) is 18.4 Å². The van der Waals surface area contributed by atoms with E-state index in [0.717, 1.165) is 19.3 Å². The highest BCUT2D eigenvalue weighted by molar-refractivity contribution is 7.99. The summed E-state index contributed by atoms with van der Waals surface area (Å²) in [6, 6.07) is 8.62. The molecule has 2 aromatic rings. The third-order valence-corrected chi connectivity index (χ3v) is 6.43. The number of furan rings is 1. The van der Waals surface area contributed by atoms with Gasteiger partial charge in [-0.2, -0.15) is 0 Å². The molecule has 2 aliphatic rings. The van der Waals surface area contributed by atoms with Gasteiger partial charge in [-0.25, -0.2) is 4.79 Å². The molecule has 1 fully saturated rings. The standard InChI is InChI=1S/C21H22N2O5S/c1-13(24)23-17(12-29-20(23)18-6-3-9-27-18)21(26)28-11-19(25)22-16-8-7-14-4-2-5-15(14)10-16/h3,6-10,17,20H,2,4-5,11-12H2,1H3,(H,22,25)/t17-,20+/m1/s1. The predicted molar refractivity (Wildman–Crippen MR) is 108 cm³/mol. The number of carbonyl (C=O) groups is 3. The zero-order chi connectivity index (χ0) is 20.4. The van der Waals surface area contributed by atoms with Crippen molar-refractivity contribution in [1.29, 1.82) is 0 Å². The average molecular weight is 414 g/mol. The first-order chi connectivity index (χ1) is 14.0. The summed E-state index contributed by atoms with van der Waals surface area (Å²) >= 11 is 1.43. The van der Waals surface area contributed by atoms with Crippen LogP contribution < -0.4 is 5.32 Å². The van der Waals surface area contributed by atoms with Crippen LogP contribution in [0.5, 0.6) is 0 Å². The number of rotatable bonds is 5. The second kappa shape index (κ2) is 8.32. The number of fused-ring (bicyclic) bond motifs is 1. The van der Waals surface area contributed by atoms with Crippen LogP contribution in [-0.4, -0.2) is 41.1 Å². The third kappa shape index (κ3) is 4.17. The summed E-state index contributed by atoms with van der Waals surface area (Å²) in [7, 11) is 0. The number of nitrogens with one attached hydrogen (secondary N) is 1. The van der Waals surface area contributed by atoms with E-state index in [2.05, 4.69) is 5.32 Å². The van der Waals surface area contributed by atoms with Crippen LogP contribution in [0.3, 0.4) is 0 Å². The molecule has 1 aromatic carbocycles. The van der Waals surface area contributed by atoms with Gasteiger partial charge in [0.05, 0.1) is 6.26 Å². The number of anilines is 1. The van der Waals surface area contributed by atoms with Gasteiger partial charge in [-0.1, -0.05) is 6.07 Å². The molecule has 1 N–H and O–H groups in total. The molecule has 4 rings (SSSR count). The molecule has 8 heteroatoms. The van der Waals surface area contributed by atoms with Crippen LogP contribution in [-0.2, 0) is 32.0 Å². The lowest BCUT2D eigenvalue weighted by atomic mass is 10.1. The monoisotopic (exact) mass is 414 g/mol. The van der Waals surface area contributed by atoms with Crippen LogP contribution in [0.2, 0.25) is 0 Å². The van der Waals surface area contributed by atoms with E-state index in [0.29, 0.717) is 17.2 Å². The highest BCUT2D eigenvalue weighted by atomic mass is 32.2. The summed E-state index contributed by atoms with van der Waals surface area (Å²) in [5, 5.41) is 2.39. The van der Waals surface area contributed by atoms with Crippen molar-refractivity contribution in [3.63, 3.8) is 0 Å². The maximum Gasteiger partial charge on any atom is 0.330 e. The van der Waals surface area contributed by atoms with Gasteiger partial charge in [0.1, 0.15) is 17.2 Å². The highest BCUT2D eigenvalue weighted by Crippen LogP contribution is 2.41. The number of hydrogen-bond donors (Lipinski definition) is 1. The number of hydrogen-bond acceptors (Lipinski definition) is 6. The molecular formula is C21H22N2O5S. The summed E-state index contributed by atoms with van der Waals surface area (Å²) in [6.07, 6.45) is 4.76. The van der Waals surface area contributed by atoms with Crippen LogP contribution in [0.1, 0.15) is 35.6 Å². The second-order valence-corrected chi connectivity index (χ2v) is 8.25. The Morgan fingerprint density at radius 1 is 1.24 bits per heavy atom. The quantitative estimate of drug-likeness (QED) is 0.757. The van der Waals surface area contributed by atoms with Crippen LogP contribution in [0.25, 0.3) is 0 Å². The number of carbonyl (C=O) groups excluding carboxylic acids is 3. The van der Waals surface area contributed by atoms with Gasteiger partial charge in [0.15, 0.2) is 6.61 Å². The van der Waals surface area contributed by atoms with Crippen molar-refractivity contribution in [2.45, 2.75) is 37.6 Å². The van der Waals surface area contributed by atoms with E-state index in [1.54, 1.807) is 12.1 Å². The first kappa shape index (κ1) is 19.6. The molecule has 0 unspecified atom stereocenters. The smallest absolute Gasteiger partial charge is 0.330 e. The normalized spacial score (nSPS) is 20.4. The largest absolute Gasteiger partial charge is 0.466 e. The molecule has 7 nitrogen and oxygen atoms in total. The topological polar surface area (TPSA) is 88.8 Å². The van der Waals surface area contributed by atoms with Gasteiger partial charge in [-0.3, -0.25) is 9.59 Å². The molecule has 29 heavy (non-hydrogen) atoms. The van der Waals surface area contributed by atoms with Gasteiger partial charge in [-0.05, 0) is 54.7 Å². The van der Waals surface area contributed by atoms with Crippen molar-refractivity contribution in [3.8, 4) is 0 Å². The van der Waals surface area contributed by atoms with E-state index < -0.39 is 24.5 Å². The Kier molecular flexibility index (Phi) is 5.62. The van der Waals surface area contributed by atoms with Crippen LogP contribution >= 0.6 is 11.8 Å². The first-order valence-corrected chi connectivity index (χ1v) is 10.6. The minimum Gasteiger partial charge on any atom is -0.466 e.